The Kier molecular flexibility index (Phi) is 5.30. The zero-order valence-corrected chi connectivity index (χ0v) is 15.2. The average molecular weight is 429 g/mol. The fraction of sp³-hybridized carbons (Fsp3) is 0.143. The zero-order valence-electron chi connectivity index (χ0n) is 12.8. The summed E-state index contributed by atoms with van der Waals surface area (Å²) in [5, 5.41) is 4.59. The van der Waals surface area contributed by atoms with E-state index in [1.54, 1.807) is 0 Å². The van der Waals surface area contributed by atoms with Crippen LogP contribution in [0.15, 0.2) is 46.2 Å². The maximum atomic E-state index is 13.2. The monoisotopic (exact) mass is 428 g/mol. The number of nitrogen functional groups attached to an aromatic ring is 1. The maximum Gasteiger partial charge on any atom is 0.417 e. The summed E-state index contributed by atoms with van der Waals surface area (Å²) in [5.41, 5.74) is 3.57. The van der Waals surface area contributed by atoms with Crippen LogP contribution in [0.3, 0.4) is 0 Å². The molecule has 0 aliphatic rings. The fourth-order valence-electron chi connectivity index (χ4n) is 2.12. The highest BCUT2D eigenvalue weighted by Crippen LogP contribution is 2.39. The third-order valence-corrected chi connectivity index (χ3v) is 6.33. The van der Waals surface area contributed by atoms with Crippen molar-refractivity contribution in [3.8, 4) is 0 Å². The highest BCUT2D eigenvalue weighted by Gasteiger charge is 2.38. The van der Waals surface area contributed by atoms with E-state index in [4.69, 9.17) is 22.5 Å². The maximum absolute atomic E-state index is 13.2. The van der Waals surface area contributed by atoms with Crippen LogP contribution in [0.5, 0.6) is 0 Å². The molecule has 0 aromatic heterocycles. The van der Waals surface area contributed by atoms with E-state index in [0.717, 1.165) is 24.3 Å². The van der Waals surface area contributed by atoms with Crippen molar-refractivity contribution in [1.29, 1.82) is 0 Å². The van der Waals surface area contributed by atoms with Gasteiger partial charge in [-0.15, -0.1) is 0 Å². The van der Waals surface area contributed by atoms with Gasteiger partial charge in [0, 0.05) is 0 Å². The Morgan fingerprint density at radius 1 is 1.00 bits per heavy atom. The minimum absolute atomic E-state index is 0.0680. The molecule has 0 saturated carbocycles. The van der Waals surface area contributed by atoms with E-state index in [-0.39, 0.29) is 15.5 Å². The summed E-state index contributed by atoms with van der Waals surface area (Å²) >= 11 is 5.68. The van der Waals surface area contributed by atoms with E-state index >= 15 is 0 Å². The van der Waals surface area contributed by atoms with Gasteiger partial charge in [-0.1, -0.05) is 23.7 Å². The van der Waals surface area contributed by atoms with Crippen molar-refractivity contribution in [1.82, 2.24) is 0 Å². The zero-order chi connectivity index (χ0) is 19.9. The molecule has 0 fully saturated rings. The molecular weight excluding hydrogens is 417 g/mol. The smallest absolute Gasteiger partial charge is 0.398 e. The van der Waals surface area contributed by atoms with Gasteiger partial charge in [-0.2, -0.15) is 13.2 Å². The number of benzene rings is 2. The van der Waals surface area contributed by atoms with Crippen molar-refractivity contribution in [2.75, 3.05) is 5.73 Å². The van der Waals surface area contributed by atoms with Crippen molar-refractivity contribution in [2.24, 2.45) is 5.14 Å². The normalized spacial score (nSPS) is 13.0. The Morgan fingerprint density at radius 3 is 2.00 bits per heavy atom. The van der Waals surface area contributed by atoms with Crippen molar-refractivity contribution >= 4 is 37.1 Å². The lowest BCUT2D eigenvalue weighted by Gasteiger charge is -2.15. The topological polar surface area (TPSA) is 120 Å². The number of alkyl halides is 3. The molecule has 26 heavy (non-hydrogen) atoms. The molecule has 0 heterocycles. The van der Waals surface area contributed by atoms with Gasteiger partial charge in [-0.05, 0) is 29.8 Å². The highest BCUT2D eigenvalue weighted by molar-refractivity contribution is 7.90. The average Bonchev–Trinajstić information content (AvgIpc) is 2.47. The van der Waals surface area contributed by atoms with Crippen LogP contribution in [0, 0.1) is 0 Å². The lowest BCUT2D eigenvalue weighted by molar-refractivity contribution is -0.139. The molecule has 2 rings (SSSR count). The molecule has 0 bridgehead atoms. The van der Waals surface area contributed by atoms with Gasteiger partial charge >= 0.3 is 6.18 Å². The second-order valence-corrected chi connectivity index (χ2v) is 9.24. The van der Waals surface area contributed by atoms with Crippen molar-refractivity contribution in [3.05, 3.63) is 52.5 Å². The van der Waals surface area contributed by atoms with Crippen LogP contribution in [0.2, 0.25) is 5.02 Å². The standard InChI is InChI=1S/C14H12ClF3N2O4S2/c15-11-6-13(10(5-12(11)19)14(16,17)18)25(21,22)7-8-1-3-9(4-2-8)26(20,23)24/h1-6H,7,19H2,(H2,20,23,24). The molecule has 12 heteroatoms. The van der Waals surface area contributed by atoms with Crippen molar-refractivity contribution < 1.29 is 30.0 Å². The van der Waals surface area contributed by atoms with Crippen molar-refractivity contribution in [2.45, 2.75) is 21.7 Å². The molecule has 6 nitrogen and oxygen atoms in total. The van der Waals surface area contributed by atoms with Gasteiger partial charge in [0.2, 0.25) is 10.0 Å². The van der Waals surface area contributed by atoms with Gasteiger partial charge in [0.1, 0.15) is 0 Å². The fourth-order valence-corrected chi connectivity index (χ4v) is 4.46. The Morgan fingerprint density at radius 2 is 1.54 bits per heavy atom. The summed E-state index contributed by atoms with van der Waals surface area (Å²) in [6.07, 6.45) is -4.96. The summed E-state index contributed by atoms with van der Waals surface area (Å²) in [4.78, 5) is -1.27. The molecule has 0 aliphatic carbocycles. The van der Waals surface area contributed by atoms with Gasteiger partial charge in [0.25, 0.3) is 0 Å². The molecule has 2 aromatic rings. The predicted octanol–water partition coefficient (Wildman–Crippen LogP) is 2.56. The Hall–Kier alpha value is -1.82. The van der Waals surface area contributed by atoms with Gasteiger partial charge in [-0.3, -0.25) is 0 Å². The first-order valence-electron chi connectivity index (χ1n) is 6.72. The van der Waals surface area contributed by atoms with E-state index in [9.17, 15) is 30.0 Å². The molecule has 142 valence electrons. The first kappa shape index (κ1) is 20.5. The number of rotatable bonds is 4. The molecule has 0 radical (unpaired) electrons. The SMILES string of the molecule is Nc1cc(C(F)(F)F)c(S(=O)(=O)Cc2ccc(S(N)(=O)=O)cc2)cc1Cl. The molecular formula is C14H12ClF3N2O4S2. The summed E-state index contributed by atoms with van der Waals surface area (Å²) in [7, 11) is -8.44. The Bertz CT molecular complexity index is 1050. The van der Waals surface area contributed by atoms with Crippen molar-refractivity contribution in [3.63, 3.8) is 0 Å². The molecule has 0 atom stereocenters. The lowest BCUT2D eigenvalue weighted by atomic mass is 10.2. The first-order chi connectivity index (χ1) is 11.7. The molecule has 2 aromatic carbocycles. The second-order valence-electron chi connectivity index (χ2n) is 5.32. The van der Waals surface area contributed by atoms with E-state index < -0.39 is 47.9 Å². The molecule has 0 spiro atoms. The van der Waals surface area contributed by atoms with Gasteiger partial charge < -0.3 is 5.73 Å². The number of nitrogens with two attached hydrogens (primary N) is 2. The minimum Gasteiger partial charge on any atom is -0.398 e. The Balaban J connectivity index is 2.50. The number of primary sulfonamides is 1. The second kappa shape index (κ2) is 6.72. The third kappa shape index (κ3) is 4.47. The summed E-state index contributed by atoms with van der Waals surface area (Å²) in [6, 6.07) is 5.50. The number of anilines is 1. The number of sulfonamides is 1. The van der Waals surface area contributed by atoms with E-state index in [1.165, 1.54) is 0 Å². The largest absolute Gasteiger partial charge is 0.417 e. The minimum atomic E-state index is -4.96. The number of hydrogen-bond donors (Lipinski definition) is 2. The van der Waals surface area contributed by atoms with E-state index in [0.29, 0.717) is 12.1 Å². The van der Waals surface area contributed by atoms with Gasteiger partial charge in [0.05, 0.1) is 31.8 Å². The first-order valence-corrected chi connectivity index (χ1v) is 10.3. The molecule has 0 aliphatic heterocycles. The van der Waals surface area contributed by atoms with Crippen LogP contribution in [-0.4, -0.2) is 16.8 Å². The molecule has 4 N–H and O–H groups in total. The van der Waals surface area contributed by atoms with E-state index in [2.05, 4.69) is 0 Å². The quantitative estimate of drug-likeness (QED) is 0.725. The Labute approximate surface area is 152 Å². The number of sulfone groups is 1. The number of hydrogen-bond acceptors (Lipinski definition) is 5. The number of halogens is 4. The highest BCUT2D eigenvalue weighted by atomic mass is 35.5. The van der Waals surface area contributed by atoms with Gasteiger partial charge in [0.15, 0.2) is 9.84 Å². The van der Waals surface area contributed by atoms with Crippen LogP contribution < -0.4 is 10.9 Å². The third-order valence-electron chi connectivity index (χ3n) is 3.35. The predicted molar refractivity (Wildman–Crippen MR) is 89.6 cm³/mol. The van der Waals surface area contributed by atoms with Crippen LogP contribution in [0.25, 0.3) is 0 Å². The molecule has 0 unspecified atom stereocenters. The van der Waals surface area contributed by atoms with Crippen LogP contribution in [-0.2, 0) is 31.8 Å². The molecule has 0 saturated heterocycles. The van der Waals surface area contributed by atoms with Crippen LogP contribution in [0.1, 0.15) is 11.1 Å². The molecule has 0 amide bonds. The summed E-state index contributed by atoms with van der Waals surface area (Å²) in [6.45, 7) is 0. The van der Waals surface area contributed by atoms with Crippen LogP contribution >= 0.6 is 11.6 Å². The van der Waals surface area contributed by atoms with Crippen LogP contribution in [0.4, 0.5) is 18.9 Å². The summed E-state index contributed by atoms with van der Waals surface area (Å²) < 4.78 is 86.8. The lowest BCUT2D eigenvalue weighted by Crippen LogP contribution is -2.16. The van der Waals surface area contributed by atoms with E-state index in [1.807, 2.05) is 0 Å². The van der Waals surface area contributed by atoms with Gasteiger partial charge in [-0.25, -0.2) is 22.0 Å². The summed E-state index contributed by atoms with van der Waals surface area (Å²) in [5.74, 6) is -0.804.